The van der Waals surface area contributed by atoms with Gasteiger partial charge in [0.05, 0.1) is 19.4 Å². The Bertz CT molecular complexity index is 505. The van der Waals surface area contributed by atoms with E-state index in [9.17, 15) is 0 Å². The van der Waals surface area contributed by atoms with Crippen molar-refractivity contribution in [2.75, 3.05) is 13.2 Å². The van der Waals surface area contributed by atoms with Crippen molar-refractivity contribution >= 4 is 0 Å². The zero-order valence-electron chi connectivity index (χ0n) is 11.6. The van der Waals surface area contributed by atoms with Crippen molar-refractivity contribution in [2.24, 2.45) is 0 Å². The van der Waals surface area contributed by atoms with Crippen LogP contribution in [0.25, 0.3) is 11.1 Å². The Labute approximate surface area is 114 Å². The first-order valence-electron chi connectivity index (χ1n) is 6.86. The fraction of sp³-hybridized carbons (Fsp3) is 0.375. The topological polar surface area (TPSA) is 34.4 Å². The van der Waals surface area contributed by atoms with E-state index in [1.165, 1.54) is 0 Å². The number of para-hydroxylation sites is 1. The molecular weight excluding hydrogens is 238 g/mol. The van der Waals surface area contributed by atoms with E-state index in [2.05, 4.69) is 18.3 Å². The number of hydrogen-bond donors (Lipinski definition) is 1. The van der Waals surface area contributed by atoms with Gasteiger partial charge in [-0.3, -0.25) is 0 Å². The third kappa shape index (κ3) is 3.38. The molecule has 1 aromatic carbocycles. The van der Waals surface area contributed by atoms with E-state index >= 15 is 0 Å². The van der Waals surface area contributed by atoms with E-state index in [1.807, 2.05) is 31.2 Å². The van der Waals surface area contributed by atoms with Crippen LogP contribution >= 0.6 is 0 Å². The third-order valence-corrected chi connectivity index (χ3v) is 2.93. The molecule has 1 aromatic heterocycles. The Morgan fingerprint density at radius 2 is 1.95 bits per heavy atom. The lowest BCUT2D eigenvalue weighted by Gasteiger charge is -2.10. The second-order valence-corrected chi connectivity index (χ2v) is 4.36. The van der Waals surface area contributed by atoms with Crippen LogP contribution in [0.4, 0.5) is 0 Å². The molecule has 3 nitrogen and oxygen atoms in total. The molecule has 0 radical (unpaired) electrons. The van der Waals surface area contributed by atoms with Crippen LogP contribution in [-0.4, -0.2) is 13.2 Å². The standard InChI is InChI=1S/C16H21NO2/c1-3-10-17-12-16-14(9-11-19-16)13-7-5-6-8-15(13)18-4-2/h5-9,11,17H,3-4,10,12H2,1-2H3. The summed E-state index contributed by atoms with van der Waals surface area (Å²) < 4.78 is 11.3. The highest BCUT2D eigenvalue weighted by Crippen LogP contribution is 2.33. The van der Waals surface area contributed by atoms with E-state index in [4.69, 9.17) is 9.15 Å². The molecule has 1 heterocycles. The Balaban J connectivity index is 2.24. The van der Waals surface area contributed by atoms with E-state index in [0.29, 0.717) is 6.61 Å². The number of rotatable bonds is 7. The van der Waals surface area contributed by atoms with E-state index in [0.717, 1.165) is 42.1 Å². The van der Waals surface area contributed by atoms with Gasteiger partial charge in [0.15, 0.2) is 0 Å². The normalized spacial score (nSPS) is 10.6. The molecule has 102 valence electrons. The number of benzene rings is 1. The summed E-state index contributed by atoms with van der Waals surface area (Å²) >= 11 is 0. The molecule has 0 bridgehead atoms. The van der Waals surface area contributed by atoms with Gasteiger partial charge in [0.2, 0.25) is 0 Å². The minimum atomic E-state index is 0.665. The molecule has 0 saturated carbocycles. The van der Waals surface area contributed by atoms with Crippen LogP contribution in [0.1, 0.15) is 26.0 Å². The van der Waals surface area contributed by atoms with Gasteiger partial charge in [-0.25, -0.2) is 0 Å². The molecule has 3 heteroatoms. The highest BCUT2D eigenvalue weighted by Gasteiger charge is 2.12. The molecule has 0 aliphatic carbocycles. The molecule has 0 atom stereocenters. The molecular formula is C16H21NO2. The molecule has 2 rings (SSSR count). The maximum Gasteiger partial charge on any atom is 0.127 e. The van der Waals surface area contributed by atoms with Crippen molar-refractivity contribution in [3.63, 3.8) is 0 Å². The summed E-state index contributed by atoms with van der Waals surface area (Å²) in [6.45, 7) is 6.55. The maximum atomic E-state index is 5.68. The number of nitrogens with one attached hydrogen (secondary N) is 1. The largest absolute Gasteiger partial charge is 0.493 e. The molecule has 0 fully saturated rings. The van der Waals surface area contributed by atoms with Gasteiger partial charge in [-0.1, -0.05) is 25.1 Å². The Kier molecular flexibility index (Phi) is 5.04. The predicted octanol–water partition coefficient (Wildman–Crippen LogP) is 3.84. The van der Waals surface area contributed by atoms with Crippen molar-refractivity contribution in [1.29, 1.82) is 0 Å². The lowest BCUT2D eigenvalue weighted by molar-refractivity contribution is 0.341. The average Bonchev–Trinajstić information content (AvgIpc) is 2.88. The van der Waals surface area contributed by atoms with Gasteiger partial charge in [-0.05, 0) is 32.0 Å². The Hall–Kier alpha value is -1.74. The minimum absolute atomic E-state index is 0.665. The van der Waals surface area contributed by atoms with Crippen LogP contribution in [0, 0.1) is 0 Å². The van der Waals surface area contributed by atoms with Crippen LogP contribution in [-0.2, 0) is 6.54 Å². The summed E-state index contributed by atoms with van der Waals surface area (Å²) in [5.41, 5.74) is 2.19. The van der Waals surface area contributed by atoms with Crippen molar-refractivity contribution in [2.45, 2.75) is 26.8 Å². The van der Waals surface area contributed by atoms with E-state index < -0.39 is 0 Å². The molecule has 2 aromatic rings. The van der Waals surface area contributed by atoms with Gasteiger partial charge in [0.1, 0.15) is 11.5 Å². The van der Waals surface area contributed by atoms with Gasteiger partial charge in [-0.15, -0.1) is 0 Å². The van der Waals surface area contributed by atoms with Crippen LogP contribution in [0.3, 0.4) is 0 Å². The maximum absolute atomic E-state index is 5.68. The molecule has 0 aliphatic heterocycles. The molecule has 0 saturated heterocycles. The fourth-order valence-corrected chi connectivity index (χ4v) is 2.07. The van der Waals surface area contributed by atoms with E-state index in [-0.39, 0.29) is 0 Å². The monoisotopic (exact) mass is 259 g/mol. The van der Waals surface area contributed by atoms with Gasteiger partial charge in [-0.2, -0.15) is 0 Å². The third-order valence-electron chi connectivity index (χ3n) is 2.93. The summed E-state index contributed by atoms with van der Waals surface area (Å²) in [5.74, 6) is 1.86. The summed E-state index contributed by atoms with van der Waals surface area (Å²) in [4.78, 5) is 0. The first kappa shape index (κ1) is 13.7. The lowest BCUT2D eigenvalue weighted by Crippen LogP contribution is -2.13. The highest BCUT2D eigenvalue weighted by atomic mass is 16.5. The van der Waals surface area contributed by atoms with Gasteiger partial charge >= 0.3 is 0 Å². The molecule has 1 N–H and O–H groups in total. The molecule has 0 unspecified atom stereocenters. The summed E-state index contributed by atoms with van der Waals surface area (Å²) in [6.07, 6.45) is 2.85. The summed E-state index contributed by atoms with van der Waals surface area (Å²) in [5, 5.41) is 3.36. The Morgan fingerprint density at radius 1 is 1.11 bits per heavy atom. The number of hydrogen-bond acceptors (Lipinski definition) is 3. The van der Waals surface area contributed by atoms with Crippen molar-refractivity contribution in [1.82, 2.24) is 5.32 Å². The number of furan rings is 1. The minimum Gasteiger partial charge on any atom is -0.493 e. The summed E-state index contributed by atoms with van der Waals surface area (Å²) in [7, 11) is 0. The van der Waals surface area contributed by atoms with Crippen LogP contribution in [0.15, 0.2) is 41.0 Å². The molecule has 0 aliphatic rings. The zero-order valence-corrected chi connectivity index (χ0v) is 11.6. The van der Waals surface area contributed by atoms with Crippen LogP contribution < -0.4 is 10.1 Å². The van der Waals surface area contributed by atoms with Gasteiger partial charge < -0.3 is 14.5 Å². The molecule has 0 spiro atoms. The van der Waals surface area contributed by atoms with Crippen LogP contribution in [0.2, 0.25) is 0 Å². The van der Waals surface area contributed by atoms with Gasteiger partial charge in [0.25, 0.3) is 0 Å². The average molecular weight is 259 g/mol. The SMILES string of the molecule is CCCNCc1occc1-c1ccccc1OCC. The smallest absolute Gasteiger partial charge is 0.127 e. The second-order valence-electron chi connectivity index (χ2n) is 4.36. The lowest BCUT2D eigenvalue weighted by atomic mass is 10.1. The molecule has 19 heavy (non-hydrogen) atoms. The highest BCUT2D eigenvalue weighted by molar-refractivity contribution is 5.71. The Morgan fingerprint density at radius 3 is 2.74 bits per heavy atom. The van der Waals surface area contributed by atoms with Crippen molar-refractivity contribution < 1.29 is 9.15 Å². The quantitative estimate of drug-likeness (QED) is 0.767. The first-order valence-corrected chi connectivity index (χ1v) is 6.86. The van der Waals surface area contributed by atoms with Crippen molar-refractivity contribution in [3.8, 4) is 16.9 Å². The zero-order chi connectivity index (χ0) is 13.5. The second kappa shape index (κ2) is 7.00. The predicted molar refractivity (Wildman–Crippen MR) is 77.3 cm³/mol. The molecule has 0 amide bonds. The van der Waals surface area contributed by atoms with Crippen LogP contribution in [0.5, 0.6) is 5.75 Å². The summed E-state index contributed by atoms with van der Waals surface area (Å²) in [6, 6.07) is 10.1. The fourth-order valence-electron chi connectivity index (χ4n) is 2.07. The first-order chi connectivity index (χ1) is 9.36. The number of ether oxygens (including phenoxy) is 1. The van der Waals surface area contributed by atoms with E-state index in [1.54, 1.807) is 6.26 Å². The van der Waals surface area contributed by atoms with Crippen molar-refractivity contribution in [3.05, 3.63) is 42.4 Å². The van der Waals surface area contributed by atoms with Gasteiger partial charge in [0, 0.05) is 11.1 Å².